The first-order valence-corrected chi connectivity index (χ1v) is 5.32. The van der Waals surface area contributed by atoms with Crippen molar-refractivity contribution in [2.24, 2.45) is 5.92 Å². The van der Waals surface area contributed by atoms with Crippen molar-refractivity contribution in [1.29, 1.82) is 5.26 Å². The fraction of sp³-hybridized carbons (Fsp3) is 0.909. The summed E-state index contributed by atoms with van der Waals surface area (Å²) in [6, 6.07) is 2.46. The molecular formula is C11H20N2O. The lowest BCUT2D eigenvalue weighted by molar-refractivity contribution is 0.0311. The van der Waals surface area contributed by atoms with Gasteiger partial charge in [0.2, 0.25) is 0 Å². The Kier molecular flexibility index (Phi) is 3.91. The summed E-state index contributed by atoms with van der Waals surface area (Å²) in [5.41, 5.74) is -0.411. The summed E-state index contributed by atoms with van der Waals surface area (Å²) in [6.07, 6.45) is 2.42. The van der Waals surface area contributed by atoms with Gasteiger partial charge in [0.1, 0.15) is 5.54 Å². The van der Waals surface area contributed by atoms with Crippen LogP contribution in [0.1, 0.15) is 26.7 Å². The Morgan fingerprint density at radius 2 is 2.00 bits per heavy atom. The van der Waals surface area contributed by atoms with E-state index >= 15 is 0 Å². The van der Waals surface area contributed by atoms with E-state index < -0.39 is 5.54 Å². The molecule has 0 aromatic rings. The van der Waals surface area contributed by atoms with Crippen molar-refractivity contribution in [2.75, 3.05) is 26.8 Å². The molecule has 0 aromatic heterocycles. The van der Waals surface area contributed by atoms with E-state index in [4.69, 9.17) is 4.74 Å². The molecule has 1 fully saturated rings. The van der Waals surface area contributed by atoms with Crippen LogP contribution in [-0.4, -0.2) is 37.2 Å². The lowest BCUT2D eigenvalue weighted by Crippen LogP contribution is -2.53. The van der Waals surface area contributed by atoms with Gasteiger partial charge in [0.05, 0.1) is 12.7 Å². The summed E-state index contributed by atoms with van der Waals surface area (Å²) in [5.74, 6) is 0.311. The third kappa shape index (κ3) is 1.92. The summed E-state index contributed by atoms with van der Waals surface area (Å²) < 4.78 is 5.21. The highest BCUT2D eigenvalue weighted by atomic mass is 16.5. The van der Waals surface area contributed by atoms with Crippen LogP contribution in [0.4, 0.5) is 0 Å². The van der Waals surface area contributed by atoms with Crippen LogP contribution < -0.4 is 0 Å². The molecule has 0 aromatic carbocycles. The van der Waals surface area contributed by atoms with Gasteiger partial charge in [0, 0.05) is 7.11 Å². The first-order chi connectivity index (χ1) is 6.67. The Balaban J connectivity index is 2.82. The van der Waals surface area contributed by atoms with E-state index in [1.807, 2.05) is 0 Å². The fourth-order valence-electron chi connectivity index (χ4n) is 2.19. The largest absolute Gasteiger partial charge is 0.382 e. The molecule has 1 atom stereocenters. The number of nitrogens with zero attached hydrogens (tertiary/aromatic N) is 2. The molecule has 1 saturated heterocycles. The number of hydrogen-bond donors (Lipinski definition) is 0. The fourth-order valence-corrected chi connectivity index (χ4v) is 2.19. The monoisotopic (exact) mass is 196 g/mol. The van der Waals surface area contributed by atoms with Gasteiger partial charge in [-0.2, -0.15) is 5.26 Å². The molecule has 0 amide bonds. The molecule has 0 aliphatic carbocycles. The minimum Gasteiger partial charge on any atom is -0.382 e. The molecule has 1 aliphatic rings. The number of ether oxygens (including phenoxy) is 1. The molecule has 0 bridgehead atoms. The van der Waals surface area contributed by atoms with Crippen molar-refractivity contribution in [2.45, 2.75) is 32.2 Å². The first kappa shape index (κ1) is 11.5. The summed E-state index contributed by atoms with van der Waals surface area (Å²) >= 11 is 0. The van der Waals surface area contributed by atoms with Crippen molar-refractivity contribution >= 4 is 0 Å². The molecule has 1 rings (SSSR count). The van der Waals surface area contributed by atoms with Crippen LogP contribution in [0, 0.1) is 17.2 Å². The lowest BCUT2D eigenvalue weighted by atomic mass is 9.87. The molecule has 80 valence electrons. The average molecular weight is 196 g/mol. The quantitative estimate of drug-likeness (QED) is 0.686. The second-order valence-corrected chi connectivity index (χ2v) is 4.32. The normalized spacial score (nSPS) is 22.2. The summed E-state index contributed by atoms with van der Waals surface area (Å²) in [5, 5.41) is 9.37. The van der Waals surface area contributed by atoms with Gasteiger partial charge < -0.3 is 4.74 Å². The smallest absolute Gasteiger partial charge is 0.135 e. The maximum Gasteiger partial charge on any atom is 0.135 e. The van der Waals surface area contributed by atoms with Crippen molar-refractivity contribution in [1.82, 2.24) is 4.90 Å². The maximum atomic E-state index is 9.37. The molecule has 0 radical (unpaired) electrons. The van der Waals surface area contributed by atoms with Crippen molar-refractivity contribution in [3.8, 4) is 6.07 Å². The standard InChI is InChI=1S/C11H20N2O/c1-10(2)11(8-12,9-14-3)13-6-4-5-7-13/h10H,4-7,9H2,1-3H3. The molecule has 0 N–H and O–H groups in total. The summed E-state index contributed by atoms with van der Waals surface area (Å²) in [6.45, 7) is 6.78. The zero-order chi connectivity index (χ0) is 10.6. The van der Waals surface area contributed by atoms with E-state index in [-0.39, 0.29) is 0 Å². The van der Waals surface area contributed by atoms with Crippen LogP contribution in [0.25, 0.3) is 0 Å². The summed E-state index contributed by atoms with van der Waals surface area (Å²) in [4.78, 5) is 2.28. The molecular weight excluding hydrogens is 176 g/mol. The Morgan fingerprint density at radius 3 is 2.36 bits per heavy atom. The zero-order valence-electron chi connectivity index (χ0n) is 9.42. The molecule has 1 aliphatic heterocycles. The van der Waals surface area contributed by atoms with E-state index in [1.165, 1.54) is 12.8 Å². The number of nitriles is 1. The number of likely N-dealkylation sites (tertiary alicyclic amines) is 1. The molecule has 0 saturated carbocycles. The molecule has 0 spiro atoms. The van der Waals surface area contributed by atoms with Crippen LogP contribution in [0.3, 0.4) is 0 Å². The van der Waals surface area contributed by atoms with E-state index in [0.717, 1.165) is 13.1 Å². The van der Waals surface area contributed by atoms with E-state index in [0.29, 0.717) is 12.5 Å². The van der Waals surface area contributed by atoms with Gasteiger partial charge in [-0.3, -0.25) is 4.90 Å². The van der Waals surface area contributed by atoms with E-state index in [1.54, 1.807) is 7.11 Å². The predicted molar refractivity (Wildman–Crippen MR) is 55.9 cm³/mol. The Morgan fingerprint density at radius 1 is 1.43 bits per heavy atom. The van der Waals surface area contributed by atoms with Gasteiger partial charge in [0.25, 0.3) is 0 Å². The zero-order valence-corrected chi connectivity index (χ0v) is 9.42. The van der Waals surface area contributed by atoms with Gasteiger partial charge in [-0.15, -0.1) is 0 Å². The van der Waals surface area contributed by atoms with Gasteiger partial charge in [-0.1, -0.05) is 13.8 Å². The van der Waals surface area contributed by atoms with Gasteiger partial charge >= 0.3 is 0 Å². The third-order valence-electron chi connectivity index (χ3n) is 3.18. The highest BCUT2D eigenvalue weighted by molar-refractivity contribution is 5.11. The van der Waals surface area contributed by atoms with Crippen LogP contribution >= 0.6 is 0 Å². The van der Waals surface area contributed by atoms with Crippen LogP contribution in [-0.2, 0) is 4.74 Å². The highest BCUT2D eigenvalue weighted by Crippen LogP contribution is 2.28. The second-order valence-electron chi connectivity index (χ2n) is 4.32. The Bertz CT molecular complexity index is 216. The molecule has 14 heavy (non-hydrogen) atoms. The predicted octanol–water partition coefficient (Wildman–Crippen LogP) is 1.65. The second kappa shape index (κ2) is 4.77. The average Bonchev–Trinajstić information content (AvgIpc) is 2.66. The van der Waals surface area contributed by atoms with Crippen LogP contribution in [0.5, 0.6) is 0 Å². The topological polar surface area (TPSA) is 36.3 Å². The SMILES string of the molecule is COCC(C#N)(C(C)C)N1CCCC1. The minimum absolute atomic E-state index is 0.311. The minimum atomic E-state index is -0.411. The first-order valence-electron chi connectivity index (χ1n) is 5.32. The number of methoxy groups -OCH3 is 1. The third-order valence-corrected chi connectivity index (χ3v) is 3.18. The van der Waals surface area contributed by atoms with Gasteiger partial charge in [-0.25, -0.2) is 0 Å². The van der Waals surface area contributed by atoms with Crippen LogP contribution in [0.15, 0.2) is 0 Å². The Labute approximate surface area is 86.6 Å². The summed E-state index contributed by atoms with van der Waals surface area (Å²) in [7, 11) is 1.67. The number of rotatable bonds is 4. The van der Waals surface area contributed by atoms with Crippen molar-refractivity contribution < 1.29 is 4.74 Å². The molecule has 3 nitrogen and oxygen atoms in total. The van der Waals surface area contributed by atoms with E-state index in [2.05, 4.69) is 24.8 Å². The Hall–Kier alpha value is -0.590. The number of hydrogen-bond acceptors (Lipinski definition) is 3. The lowest BCUT2D eigenvalue weighted by Gasteiger charge is -2.38. The van der Waals surface area contributed by atoms with Gasteiger partial charge in [-0.05, 0) is 31.8 Å². The molecule has 3 heteroatoms. The van der Waals surface area contributed by atoms with E-state index in [9.17, 15) is 5.26 Å². The van der Waals surface area contributed by atoms with Crippen molar-refractivity contribution in [3.63, 3.8) is 0 Å². The molecule has 1 heterocycles. The van der Waals surface area contributed by atoms with Crippen LogP contribution in [0.2, 0.25) is 0 Å². The molecule has 1 unspecified atom stereocenters. The maximum absolute atomic E-state index is 9.37. The van der Waals surface area contributed by atoms with Gasteiger partial charge in [0.15, 0.2) is 0 Å². The van der Waals surface area contributed by atoms with Crippen molar-refractivity contribution in [3.05, 3.63) is 0 Å². The highest BCUT2D eigenvalue weighted by Gasteiger charge is 2.41.